The number of hydrogen-bond acceptors (Lipinski definition) is 8. The number of piperazine rings is 1. The number of hydroxylamine groups is 1. The molecule has 2 aliphatic heterocycles. The molecule has 2 unspecified atom stereocenters. The first kappa shape index (κ1) is 28.9. The summed E-state index contributed by atoms with van der Waals surface area (Å²) in [6.07, 6.45) is 2.06. The smallest absolute Gasteiger partial charge is 0.289 e. The van der Waals surface area contributed by atoms with Crippen molar-refractivity contribution in [3.8, 4) is 5.75 Å². The molecule has 2 amide bonds. The molecule has 1 aromatic heterocycles. The topological polar surface area (TPSA) is 133 Å². The fraction of sp³-hybridized carbons (Fsp3) is 0.448. The highest BCUT2D eigenvalue weighted by atomic mass is 32.2. The molecule has 2 fully saturated rings. The lowest BCUT2D eigenvalue weighted by Gasteiger charge is -2.41. The molecule has 2 N–H and O–H groups in total. The van der Waals surface area contributed by atoms with Crippen LogP contribution in [0.5, 0.6) is 5.75 Å². The quantitative estimate of drug-likeness (QED) is 0.223. The normalized spacial score (nSPS) is 20.2. The van der Waals surface area contributed by atoms with Gasteiger partial charge in [0.25, 0.3) is 5.91 Å². The molecule has 12 heteroatoms. The Morgan fingerprint density at radius 2 is 1.78 bits per heavy atom. The van der Waals surface area contributed by atoms with Crippen molar-refractivity contribution in [3.05, 3.63) is 60.4 Å². The van der Waals surface area contributed by atoms with Gasteiger partial charge in [-0.1, -0.05) is 31.5 Å². The first-order chi connectivity index (χ1) is 19.8. The van der Waals surface area contributed by atoms with Gasteiger partial charge in [-0.2, -0.15) is 4.31 Å². The van der Waals surface area contributed by atoms with E-state index < -0.39 is 33.0 Å². The van der Waals surface area contributed by atoms with Crippen LogP contribution >= 0.6 is 0 Å². The number of sulfonamides is 1. The van der Waals surface area contributed by atoms with Crippen LogP contribution in [0, 0.1) is 5.92 Å². The predicted octanol–water partition coefficient (Wildman–Crippen LogP) is 3.10. The molecule has 3 aromatic rings. The van der Waals surface area contributed by atoms with Crippen molar-refractivity contribution in [2.75, 3.05) is 50.8 Å². The molecule has 2 aromatic carbocycles. The average Bonchev–Trinajstić information content (AvgIpc) is 3.45. The Hall–Kier alpha value is -3.61. The molecule has 2 saturated heterocycles. The standard InChI is InChI=1S/C29H36N4O7S/c1-2-3-16-39-24-10-8-23(9-11-24)31-12-14-33(15-13-31)41(37,38)25-17-22(28(34)30-36)19-32(20-25)29(35)27-18-21-6-4-5-7-26(21)40-27/h4-11,18,22,25,36H,2-3,12-17,19-20H2,1H3,(H,30,34). The number of para-hydroxylation sites is 1. The number of anilines is 1. The van der Waals surface area contributed by atoms with Crippen molar-refractivity contribution in [2.45, 2.75) is 31.4 Å². The first-order valence-corrected chi connectivity index (χ1v) is 15.5. The van der Waals surface area contributed by atoms with E-state index in [1.807, 2.05) is 36.4 Å². The van der Waals surface area contributed by atoms with Crippen LogP contribution in [0.4, 0.5) is 5.69 Å². The van der Waals surface area contributed by atoms with Crippen molar-refractivity contribution in [1.29, 1.82) is 0 Å². The summed E-state index contributed by atoms with van der Waals surface area (Å²) < 4.78 is 40.5. The lowest BCUT2D eigenvalue weighted by atomic mass is 9.96. The van der Waals surface area contributed by atoms with Gasteiger partial charge in [-0.05, 0) is 49.2 Å². The van der Waals surface area contributed by atoms with Gasteiger partial charge in [-0.25, -0.2) is 13.9 Å². The van der Waals surface area contributed by atoms with Crippen LogP contribution in [0.25, 0.3) is 11.0 Å². The number of unbranched alkanes of at least 4 members (excludes halogenated alkanes) is 1. The number of ether oxygens (including phenoxy) is 1. The molecule has 41 heavy (non-hydrogen) atoms. The van der Waals surface area contributed by atoms with Crippen molar-refractivity contribution in [1.82, 2.24) is 14.7 Å². The van der Waals surface area contributed by atoms with Crippen LogP contribution in [-0.4, -0.2) is 85.8 Å². The van der Waals surface area contributed by atoms with Gasteiger partial charge < -0.3 is 19.0 Å². The van der Waals surface area contributed by atoms with Crippen LogP contribution in [-0.2, 0) is 14.8 Å². The van der Waals surface area contributed by atoms with Crippen LogP contribution in [0.15, 0.2) is 59.0 Å². The third-order valence-electron chi connectivity index (χ3n) is 7.80. The number of carbonyl (C=O) groups is 2. The largest absolute Gasteiger partial charge is 0.494 e. The molecule has 0 aliphatic carbocycles. The number of rotatable bonds is 9. The van der Waals surface area contributed by atoms with E-state index in [1.165, 1.54) is 9.21 Å². The van der Waals surface area contributed by atoms with E-state index in [-0.39, 0.29) is 38.4 Å². The summed E-state index contributed by atoms with van der Waals surface area (Å²) in [5.74, 6) is -1.23. The Morgan fingerprint density at radius 3 is 2.46 bits per heavy atom. The number of furan rings is 1. The summed E-state index contributed by atoms with van der Waals surface area (Å²) in [5.41, 5.74) is 3.16. The van der Waals surface area contributed by atoms with E-state index in [1.54, 1.807) is 23.7 Å². The van der Waals surface area contributed by atoms with Gasteiger partial charge in [0.1, 0.15) is 11.3 Å². The fourth-order valence-corrected chi connectivity index (χ4v) is 7.40. The van der Waals surface area contributed by atoms with Crippen LogP contribution < -0.4 is 15.1 Å². The number of benzene rings is 2. The third-order valence-corrected chi connectivity index (χ3v) is 10.1. The highest BCUT2D eigenvalue weighted by molar-refractivity contribution is 7.89. The Balaban J connectivity index is 1.26. The maximum absolute atomic E-state index is 13.8. The summed E-state index contributed by atoms with van der Waals surface area (Å²) in [6.45, 7) is 4.25. The first-order valence-electron chi connectivity index (χ1n) is 14.0. The second-order valence-corrected chi connectivity index (χ2v) is 12.7. The lowest BCUT2D eigenvalue weighted by molar-refractivity contribution is -0.134. The molecule has 0 saturated carbocycles. The molecule has 5 rings (SSSR count). The van der Waals surface area contributed by atoms with E-state index in [2.05, 4.69) is 11.8 Å². The number of carbonyl (C=O) groups excluding carboxylic acids is 2. The van der Waals surface area contributed by atoms with E-state index in [0.29, 0.717) is 25.3 Å². The number of piperidine rings is 1. The molecular weight excluding hydrogens is 548 g/mol. The van der Waals surface area contributed by atoms with E-state index in [0.717, 1.165) is 29.7 Å². The van der Waals surface area contributed by atoms with Crippen LogP contribution in [0.1, 0.15) is 36.7 Å². The summed E-state index contributed by atoms with van der Waals surface area (Å²) in [6, 6.07) is 16.6. The minimum Gasteiger partial charge on any atom is -0.494 e. The minimum absolute atomic E-state index is 0.00164. The minimum atomic E-state index is -3.86. The van der Waals surface area contributed by atoms with Crippen molar-refractivity contribution in [2.24, 2.45) is 5.92 Å². The molecule has 0 bridgehead atoms. The summed E-state index contributed by atoms with van der Waals surface area (Å²) >= 11 is 0. The van der Waals surface area contributed by atoms with Crippen LogP contribution in [0.3, 0.4) is 0 Å². The third kappa shape index (κ3) is 6.34. The zero-order valence-electron chi connectivity index (χ0n) is 23.1. The second kappa shape index (κ2) is 12.5. The summed E-state index contributed by atoms with van der Waals surface area (Å²) in [7, 11) is -3.86. The maximum Gasteiger partial charge on any atom is 0.289 e. The van der Waals surface area contributed by atoms with Gasteiger partial charge in [0.2, 0.25) is 15.9 Å². The van der Waals surface area contributed by atoms with Gasteiger partial charge in [-0.3, -0.25) is 14.8 Å². The van der Waals surface area contributed by atoms with Crippen molar-refractivity contribution >= 4 is 38.5 Å². The number of fused-ring (bicyclic) bond motifs is 1. The number of likely N-dealkylation sites (tertiary alicyclic amines) is 1. The molecule has 2 aliphatic rings. The highest BCUT2D eigenvalue weighted by Crippen LogP contribution is 2.29. The van der Waals surface area contributed by atoms with Crippen molar-refractivity contribution < 1.29 is 32.4 Å². The maximum atomic E-state index is 13.8. The van der Waals surface area contributed by atoms with E-state index in [9.17, 15) is 23.2 Å². The molecule has 2 atom stereocenters. The highest BCUT2D eigenvalue weighted by Gasteiger charge is 2.43. The van der Waals surface area contributed by atoms with Gasteiger partial charge in [0, 0.05) is 50.3 Å². The molecule has 0 spiro atoms. The van der Waals surface area contributed by atoms with E-state index in [4.69, 9.17) is 9.15 Å². The molecule has 11 nitrogen and oxygen atoms in total. The Bertz CT molecular complexity index is 1430. The molecular formula is C29H36N4O7S. The molecule has 0 radical (unpaired) electrons. The number of nitrogens with one attached hydrogen (secondary N) is 1. The van der Waals surface area contributed by atoms with Gasteiger partial charge in [0.05, 0.1) is 17.8 Å². The number of hydrogen-bond donors (Lipinski definition) is 2. The van der Waals surface area contributed by atoms with Gasteiger partial charge in [0.15, 0.2) is 5.76 Å². The average molecular weight is 585 g/mol. The monoisotopic (exact) mass is 584 g/mol. The summed E-state index contributed by atoms with van der Waals surface area (Å²) in [5, 5.41) is 9.02. The Labute approximate surface area is 239 Å². The van der Waals surface area contributed by atoms with Crippen molar-refractivity contribution in [3.63, 3.8) is 0 Å². The van der Waals surface area contributed by atoms with Crippen LogP contribution in [0.2, 0.25) is 0 Å². The zero-order valence-corrected chi connectivity index (χ0v) is 23.9. The Morgan fingerprint density at radius 1 is 1.05 bits per heavy atom. The zero-order chi connectivity index (χ0) is 29.0. The summed E-state index contributed by atoms with van der Waals surface area (Å²) in [4.78, 5) is 29.3. The second-order valence-electron chi connectivity index (χ2n) is 10.5. The van der Waals surface area contributed by atoms with Gasteiger partial charge in [-0.15, -0.1) is 0 Å². The molecule has 220 valence electrons. The number of amides is 2. The molecule has 3 heterocycles. The van der Waals surface area contributed by atoms with E-state index >= 15 is 0 Å². The SMILES string of the molecule is CCCCOc1ccc(N2CCN(S(=O)(=O)C3CC(C(=O)NO)CN(C(=O)c4cc5ccccc5o4)C3)CC2)cc1. The fourth-order valence-electron chi connectivity index (χ4n) is 5.46. The lowest BCUT2D eigenvalue weighted by Crippen LogP contribution is -2.57. The predicted molar refractivity (Wildman–Crippen MR) is 153 cm³/mol. The Kier molecular flexibility index (Phi) is 8.81. The van der Waals surface area contributed by atoms with Gasteiger partial charge >= 0.3 is 0 Å². The number of nitrogens with zero attached hydrogens (tertiary/aromatic N) is 3.